The van der Waals surface area contributed by atoms with Crippen molar-refractivity contribution in [1.82, 2.24) is 0 Å². The molecule has 0 aliphatic rings. The number of methoxy groups -OCH3 is 2. The lowest BCUT2D eigenvalue weighted by Gasteiger charge is -2.10. The summed E-state index contributed by atoms with van der Waals surface area (Å²) in [5.41, 5.74) is 2.31. The van der Waals surface area contributed by atoms with Crippen molar-refractivity contribution in [2.24, 2.45) is 5.10 Å². The first-order valence-electron chi connectivity index (χ1n) is 9.58. The number of carbonyl (C=O) groups is 1. The quantitative estimate of drug-likeness (QED) is 0.161. The van der Waals surface area contributed by atoms with Crippen LogP contribution in [0, 0.1) is 20.2 Å². The number of nitrogens with zero attached hydrogens (tertiary/aromatic N) is 3. The number of rotatable bonds is 9. The fourth-order valence-electron chi connectivity index (χ4n) is 2.79. The molecular weight excluding hydrogens is 448 g/mol. The molecule has 174 valence electrons. The summed E-state index contributed by atoms with van der Waals surface area (Å²) in [4.78, 5) is 33.1. The maximum atomic E-state index is 12.5. The van der Waals surface area contributed by atoms with Gasteiger partial charge in [-0.15, -0.1) is 0 Å². The molecule has 1 N–H and O–H groups in total. The molecule has 0 aliphatic heterocycles. The number of nitro benzene ring substituents is 2. The predicted molar refractivity (Wildman–Crippen MR) is 122 cm³/mol. The first-order chi connectivity index (χ1) is 16.3. The Labute approximate surface area is 192 Å². The van der Waals surface area contributed by atoms with E-state index in [1.165, 1.54) is 32.6 Å². The van der Waals surface area contributed by atoms with Gasteiger partial charge in [0.2, 0.25) is 0 Å². The van der Waals surface area contributed by atoms with Gasteiger partial charge in [-0.3, -0.25) is 25.7 Å². The number of esters is 1. The summed E-state index contributed by atoms with van der Waals surface area (Å²) in [5, 5.41) is 26.0. The highest BCUT2D eigenvalue weighted by atomic mass is 16.6. The average molecular weight is 466 g/mol. The highest BCUT2D eigenvalue weighted by molar-refractivity contribution is 5.92. The number of non-ortho nitro benzene ring substituents is 1. The zero-order valence-electron chi connectivity index (χ0n) is 18.0. The van der Waals surface area contributed by atoms with E-state index in [1.54, 1.807) is 36.4 Å². The largest absolute Gasteiger partial charge is 0.497 e. The second-order valence-electron chi connectivity index (χ2n) is 6.61. The van der Waals surface area contributed by atoms with Crippen LogP contribution in [0.25, 0.3) is 0 Å². The summed E-state index contributed by atoms with van der Waals surface area (Å²) in [6.45, 7) is 0. The van der Waals surface area contributed by atoms with Gasteiger partial charge < -0.3 is 14.2 Å². The highest BCUT2D eigenvalue weighted by Crippen LogP contribution is 2.30. The van der Waals surface area contributed by atoms with E-state index in [1.807, 2.05) is 0 Å². The lowest BCUT2D eigenvalue weighted by atomic mass is 10.2. The Morgan fingerprint density at radius 1 is 0.912 bits per heavy atom. The molecule has 0 bridgehead atoms. The molecule has 0 spiro atoms. The van der Waals surface area contributed by atoms with Gasteiger partial charge in [0.15, 0.2) is 11.5 Å². The minimum atomic E-state index is -0.755. The fraction of sp³-hybridized carbons (Fsp3) is 0.0909. The molecule has 34 heavy (non-hydrogen) atoms. The lowest BCUT2D eigenvalue weighted by Crippen LogP contribution is -2.09. The van der Waals surface area contributed by atoms with Gasteiger partial charge in [-0.2, -0.15) is 5.10 Å². The van der Waals surface area contributed by atoms with Crippen molar-refractivity contribution in [2.75, 3.05) is 19.6 Å². The van der Waals surface area contributed by atoms with Crippen molar-refractivity contribution in [1.29, 1.82) is 0 Å². The SMILES string of the molecule is COc1ccc(C(=O)Oc2cc(/C=N\Nc3ccc([N+](=O)[O-])cc3[N+](=O)[O-])ccc2OC)cc1. The van der Waals surface area contributed by atoms with E-state index >= 15 is 0 Å². The summed E-state index contributed by atoms with van der Waals surface area (Å²) in [5.74, 6) is 0.411. The van der Waals surface area contributed by atoms with Crippen LogP contribution in [0.3, 0.4) is 0 Å². The molecule has 0 unspecified atom stereocenters. The number of benzene rings is 3. The van der Waals surface area contributed by atoms with E-state index in [4.69, 9.17) is 14.2 Å². The molecule has 0 heterocycles. The number of nitro groups is 2. The Morgan fingerprint density at radius 2 is 1.65 bits per heavy atom. The Hall–Kier alpha value is -5.00. The molecule has 3 rings (SSSR count). The molecular formula is C22H18N4O8. The van der Waals surface area contributed by atoms with Crippen molar-refractivity contribution in [2.45, 2.75) is 0 Å². The van der Waals surface area contributed by atoms with Gasteiger partial charge in [0.05, 0.1) is 41.9 Å². The highest BCUT2D eigenvalue weighted by Gasteiger charge is 2.19. The minimum Gasteiger partial charge on any atom is -0.497 e. The zero-order chi connectivity index (χ0) is 24.7. The molecule has 0 aromatic heterocycles. The summed E-state index contributed by atoms with van der Waals surface area (Å²) < 4.78 is 15.7. The Balaban J connectivity index is 1.78. The lowest BCUT2D eigenvalue weighted by molar-refractivity contribution is -0.393. The number of ether oxygens (including phenoxy) is 3. The topological polar surface area (TPSA) is 155 Å². The van der Waals surface area contributed by atoms with Crippen molar-refractivity contribution in [3.05, 3.63) is 92.0 Å². The second kappa shape index (κ2) is 10.5. The Morgan fingerprint density at radius 3 is 2.26 bits per heavy atom. The van der Waals surface area contributed by atoms with Gasteiger partial charge in [-0.05, 0) is 54.1 Å². The number of carbonyl (C=O) groups excluding carboxylic acids is 1. The molecule has 0 saturated heterocycles. The van der Waals surface area contributed by atoms with Gasteiger partial charge >= 0.3 is 11.7 Å². The van der Waals surface area contributed by atoms with Gasteiger partial charge in [0.25, 0.3) is 5.69 Å². The molecule has 0 fully saturated rings. The molecule has 0 atom stereocenters. The monoisotopic (exact) mass is 466 g/mol. The van der Waals surface area contributed by atoms with Crippen LogP contribution in [-0.4, -0.2) is 36.3 Å². The van der Waals surface area contributed by atoms with Crippen molar-refractivity contribution in [3.63, 3.8) is 0 Å². The van der Waals surface area contributed by atoms with E-state index in [0.717, 1.165) is 12.1 Å². The first kappa shape index (κ1) is 23.7. The van der Waals surface area contributed by atoms with Gasteiger partial charge in [-0.25, -0.2) is 4.79 Å². The predicted octanol–water partition coefficient (Wildman–Crippen LogP) is 4.19. The number of anilines is 1. The molecule has 0 amide bonds. The van der Waals surface area contributed by atoms with Crippen LogP contribution in [0.2, 0.25) is 0 Å². The molecule has 3 aromatic carbocycles. The number of hydrogen-bond donors (Lipinski definition) is 1. The van der Waals surface area contributed by atoms with E-state index in [9.17, 15) is 25.0 Å². The normalized spacial score (nSPS) is 10.5. The van der Waals surface area contributed by atoms with Gasteiger partial charge in [0.1, 0.15) is 11.4 Å². The summed E-state index contributed by atoms with van der Waals surface area (Å²) in [7, 11) is 2.93. The van der Waals surface area contributed by atoms with Gasteiger partial charge in [0, 0.05) is 6.07 Å². The van der Waals surface area contributed by atoms with E-state index in [-0.39, 0.29) is 11.4 Å². The molecule has 0 aliphatic carbocycles. The third kappa shape index (κ3) is 5.62. The smallest absolute Gasteiger partial charge is 0.343 e. The van der Waals surface area contributed by atoms with Crippen LogP contribution in [0.5, 0.6) is 17.2 Å². The van der Waals surface area contributed by atoms with Crippen LogP contribution >= 0.6 is 0 Å². The van der Waals surface area contributed by atoms with E-state index < -0.39 is 27.2 Å². The average Bonchev–Trinajstić information content (AvgIpc) is 2.84. The maximum Gasteiger partial charge on any atom is 0.343 e. The van der Waals surface area contributed by atoms with E-state index in [2.05, 4.69) is 10.5 Å². The summed E-state index contributed by atoms with van der Waals surface area (Å²) >= 11 is 0. The van der Waals surface area contributed by atoms with Crippen LogP contribution in [0.15, 0.2) is 65.8 Å². The van der Waals surface area contributed by atoms with Crippen LogP contribution in [0.1, 0.15) is 15.9 Å². The summed E-state index contributed by atoms with van der Waals surface area (Å²) in [6.07, 6.45) is 1.33. The standard InChI is InChI=1S/C22H18N4O8/c1-32-17-7-4-15(5-8-17)22(27)34-21-11-14(3-10-20(21)33-2)13-23-24-18-9-6-16(25(28)29)12-19(18)26(30)31/h3-13,24H,1-2H3/b23-13-. The molecule has 12 nitrogen and oxygen atoms in total. The molecule has 0 radical (unpaired) electrons. The third-order valence-corrected chi connectivity index (χ3v) is 4.50. The maximum absolute atomic E-state index is 12.5. The zero-order valence-corrected chi connectivity index (χ0v) is 18.0. The molecule has 12 heteroatoms. The van der Waals surface area contributed by atoms with Gasteiger partial charge in [-0.1, -0.05) is 0 Å². The molecule has 0 saturated carbocycles. The third-order valence-electron chi connectivity index (χ3n) is 4.50. The summed E-state index contributed by atoms with van der Waals surface area (Å²) in [6, 6.07) is 14.2. The Bertz CT molecular complexity index is 1260. The first-order valence-corrected chi connectivity index (χ1v) is 9.58. The Kier molecular flexibility index (Phi) is 7.34. The second-order valence-corrected chi connectivity index (χ2v) is 6.61. The number of hydrazone groups is 1. The van der Waals surface area contributed by atoms with Crippen molar-refractivity contribution < 1.29 is 28.9 Å². The minimum absolute atomic E-state index is 0.0356. The number of nitrogens with one attached hydrogen (secondary N) is 1. The van der Waals surface area contributed by atoms with Crippen molar-refractivity contribution >= 4 is 29.2 Å². The van der Waals surface area contributed by atoms with E-state index in [0.29, 0.717) is 22.6 Å². The van der Waals surface area contributed by atoms with Crippen LogP contribution in [0.4, 0.5) is 17.1 Å². The van der Waals surface area contributed by atoms with Crippen LogP contribution in [-0.2, 0) is 0 Å². The number of hydrogen-bond acceptors (Lipinski definition) is 10. The fourth-order valence-corrected chi connectivity index (χ4v) is 2.79. The molecule has 3 aromatic rings. The van der Waals surface area contributed by atoms with Crippen molar-refractivity contribution in [3.8, 4) is 17.2 Å². The van der Waals surface area contributed by atoms with Crippen LogP contribution < -0.4 is 19.6 Å².